The van der Waals surface area contributed by atoms with E-state index in [1.807, 2.05) is 7.11 Å². The molecule has 1 aliphatic carbocycles. The van der Waals surface area contributed by atoms with Gasteiger partial charge < -0.3 is 10.5 Å². The predicted molar refractivity (Wildman–Crippen MR) is 84.9 cm³/mol. The Labute approximate surface area is 125 Å². The molecule has 2 fully saturated rings. The third-order valence-electron chi connectivity index (χ3n) is 6.52. The molecule has 118 valence electrons. The Kier molecular flexibility index (Phi) is 5.49. The van der Waals surface area contributed by atoms with Gasteiger partial charge in [0.25, 0.3) is 0 Å². The fraction of sp³-hybridized carbons (Fsp3) is 1.00. The molecule has 2 N–H and O–H groups in total. The molecule has 3 nitrogen and oxygen atoms in total. The van der Waals surface area contributed by atoms with Crippen LogP contribution in [0.25, 0.3) is 0 Å². The molecular formula is C17H34N2O. The molecular weight excluding hydrogens is 248 g/mol. The molecule has 1 saturated heterocycles. The van der Waals surface area contributed by atoms with Crippen molar-refractivity contribution in [1.29, 1.82) is 0 Å². The second-order valence-electron chi connectivity index (χ2n) is 6.97. The van der Waals surface area contributed by atoms with Gasteiger partial charge in [-0.15, -0.1) is 0 Å². The van der Waals surface area contributed by atoms with Gasteiger partial charge in [-0.2, -0.15) is 0 Å². The van der Waals surface area contributed by atoms with Gasteiger partial charge in [0.15, 0.2) is 0 Å². The number of nitrogens with two attached hydrogens (primary N) is 1. The SMILES string of the molecule is CCC1(CC)CCN(C2(CN)CCCCC2OC)CC1. The number of piperidine rings is 1. The van der Waals surface area contributed by atoms with Crippen LogP contribution in [0.15, 0.2) is 0 Å². The monoisotopic (exact) mass is 282 g/mol. The van der Waals surface area contributed by atoms with Gasteiger partial charge in [-0.25, -0.2) is 0 Å². The number of hydrogen-bond donors (Lipinski definition) is 1. The molecule has 0 amide bonds. The van der Waals surface area contributed by atoms with Gasteiger partial charge in [-0.3, -0.25) is 4.90 Å². The smallest absolute Gasteiger partial charge is 0.0767 e. The fourth-order valence-corrected chi connectivity index (χ4v) is 4.64. The van der Waals surface area contributed by atoms with Crippen molar-refractivity contribution in [3.05, 3.63) is 0 Å². The Morgan fingerprint density at radius 1 is 1.10 bits per heavy atom. The van der Waals surface area contributed by atoms with E-state index >= 15 is 0 Å². The van der Waals surface area contributed by atoms with E-state index in [-0.39, 0.29) is 5.54 Å². The number of hydrogen-bond acceptors (Lipinski definition) is 3. The average Bonchev–Trinajstić information content (AvgIpc) is 2.54. The van der Waals surface area contributed by atoms with Crippen molar-refractivity contribution in [2.24, 2.45) is 11.1 Å². The molecule has 0 spiro atoms. The summed E-state index contributed by atoms with van der Waals surface area (Å²) in [5.41, 5.74) is 6.94. The summed E-state index contributed by atoms with van der Waals surface area (Å²) in [6.07, 6.45) is 10.6. The van der Waals surface area contributed by atoms with Gasteiger partial charge >= 0.3 is 0 Å². The first-order valence-corrected chi connectivity index (χ1v) is 8.64. The number of ether oxygens (including phenoxy) is 1. The highest BCUT2D eigenvalue weighted by Gasteiger charge is 2.47. The Morgan fingerprint density at radius 3 is 2.25 bits per heavy atom. The Hall–Kier alpha value is -0.120. The molecule has 0 radical (unpaired) electrons. The maximum Gasteiger partial charge on any atom is 0.0767 e. The topological polar surface area (TPSA) is 38.5 Å². The van der Waals surface area contributed by atoms with E-state index in [0.29, 0.717) is 11.5 Å². The number of methoxy groups -OCH3 is 1. The molecule has 0 aromatic heterocycles. The zero-order chi connectivity index (χ0) is 14.6. The minimum absolute atomic E-state index is 0.112. The highest BCUT2D eigenvalue weighted by atomic mass is 16.5. The van der Waals surface area contributed by atoms with Crippen molar-refractivity contribution in [3.63, 3.8) is 0 Å². The molecule has 1 heterocycles. The molecule has 2 aliphatic rings. The summed E-state index contributed by atoms with van der Waals surface area (Å²) in [6, 6.07) is 0. The van der Waals surface area contributed by atoms with Gasteiger partial charge in [0.2, 0.25) is 0 Å². The highest BCUT2D eigenvalue weighted by Crippen LogP contribution is 2.43. The largest absolute Gasteiger partial charge is 0.379 e. The lowest BCUT2D eigenvalue weighted by molar-refractivity contribution is -0.0942. The van der Waals surface area contributed by atoms with Crippen LogP contribution in [0.2, 0.25) is 0 Å². The van der Waals surface area contributed by atoms with E-state index in [2.05, 4.69) is 18.7 Å². The van der Waals surface area contributed by atoms with Crippen molar-refractivity contribution >= 4 is 0 Å². The molecule has 3 heteroatoms. The van der Waals surface area contributed by atoms with Crippen LogP contribution in [-0.4, -0.2) is 43.3 Å². The zero-order valence-electron chi connectivity index (χ0n) is 13.8. The molecule has 0 aromatic rings. The minimum Gasteiger partial charge on any atom is -0.379 e. The molecule has 1 aliphatic heterocycles. The lowest BCUT2D eigenvalue weighted by Crippen LogP contribution is -2.65. The lowest BCUT2D eigenvalue weighted by Gasteiger charge is -2.54. The number of rotatable bonds is 5. The normalized spacial score (nSPS) is 35.1. The predicted octanol–water partition coefficient (Wildman–Crippen LogP) is 3.18. The van der Waals surface area contributed by atoms with Gasteiger partial charge in [0.05, 0.1) is 11.6 Å². The summed E-state index contributed by atoms with van der Waals surface area (Å²) in [5.74, 6) is 0. The van der Waals surface area contributed by atoms with E-state index in [1.165, 1.54) is 64.5 Å². The molecule has 2 rings (SSSR count). The van der Waals surface area contributed by atoms with E-state index in [4.69, 9.17) is 10.5 Å². The van der Waals surface area contributed by atoms with Crippen molar-refractivity contribution in [1.82, 2.24) is 4.90 Å². The quantitative estimate of drug-likeness (QED) is 0.841. The van der Waals surface area contributed by atoms with Crippen molar-refractivity contribution in [2.75, 3.05) is 26.7 Å². The summed E-state index contributed by atoms with van der Waals surface area (Å²) in [4.78, 5) is 2.68. The second kappa shape index (κ2) is 6.76. The summed E-state index contributed by atoms with van der Waals surface area (Å²) >= 11 is 0. The van der Waals surface area contributed by atoms with E-state index in [9.17, 15) is 0 Å². The minimum atomic E-state index is 0.112. The second-order valence-corrected chi connectivity index (χ2v) is 6.97. The van der Waals surface area contributed by atoms with Crippen LogP contribution in [-0.2, 0) is 4.74 Å². The third-order valence-corrected chi connectivity index (χ3v) is 6.52. The molecule has 2 atom stereocenters. The standard InChI is InChI=1S/C17H34N2O/c1-4-16(5-2)10-12-19(13-11-16)17(14-18)9-7-6-8-15(17)20-3/h15H,4-14,18H2,1-3H3. The molecule has 0 bridgehead atoms. The number of likely N-dealkylation sites (tertiary alicyclic amines) is 1. The Morgan fingerprint density at radius 2 is 1.75 bits per heavy atom. The molecule has 0 aromatic carbocycles. The summed E-state index contributed by atoms with van der Waals surface area (Å²) < 4.78 is 5.83. The summed E-state index contributed by atoms with van der Waals surface area (Å²) in [7, 11) is 1.87. The van der Waals surface area contributed by atoms with Crippen LogP contribution in [0.3, 0.4) is 0 Å². The van der Waals surface area contributed by atoms with Crippen LogP contribution >= 0.6 is 0 Å². The van der Waals surface area contributed by atoms with Crippen LogP contribution < -0.4 is 5.73 Å². The fourth-order valence-electron chi connectivity index (χ4n) is 4.64. The van der Waals surface area contributed by atoms with E-state index < -0.39 is 0 Å². The van der Waals surface area contributed by atoms with Crippen LogP contribution in [0.1, 0.15) is 65.2 Å². The summed E-state index contributed by atoms with van der Waals surface area (Å²) in [6.45, 7) is 7.88. The Balaban J connectivity index is 2.09. The highest BCUT2D eigenvalue weighted by molar-refractivity contribution is 5.03. The molecule has 2 unspecified atom stereocenters. The first-order chi connectivity index (χ1) is 9.66. The van der Waals surface area contributed by atoms with Gasteiger partial charge in [0.1, 0.15) is 0 Å². The number of nitrogens with zero attached hydrogens (tertiary/aromatic N) is 1. The lowest BCUT2D eigenvalue weighted by atomic mass is 9.71. The van der Waals surface area contributed by atoms with Crippen molar-refractivity contribution in [2.45, 2.75) is 76.9 Å². The van der Waals surface area contributed by atoms with E-state index in [1.54, 1.807) is 0 Å². The van der Waals surface area contributed by atoms with Gasteiger partial charge in [0, 0.05) is 13.7 Å². The van der Waals surface area contributed by atoms with Crippen LogP contribution in [0, 0.1) is 5.41 Å². The van der Waals surface area contributed by atoms with Gasteiger partial charge in [-0.1, -0.05) is 39.5 Å². The molecule has 20 heavy (non-hydrogen) atoms. The van der Waals surface area contributed by atoms with Crippen molar-refractivity contribution in [3.8, 4) is 0 Å². The average molecular weight is 282 g/mol. The first kappa shape index (κ1) is 16.3. The first-order valence-electron chi connectivity index (χ1n) is 8.64. The third kappa shape index (κ3) is 2.77. The molecule has 1 saturated carbocycles. The van der Waals surface area contributed by atoms with Crippen LogP contribution in [0.4, 0.5) is 0 Å². The maximum atomic E-state index is 6.25. The van der Waals surface area contributed by atoms with Crippen molar-refractivity contribution < 1.29 is 4.74 Å². The zero-order valence-corrected chi connectivity index (χ0v) is 13.8. The summed E-state index contributed by atoms with van der Waals surface area (Å²) in [5, 5.41) is 0. The maximum absolute atomic E-state index is 6.25. The van der Waals surface area contributed by atoms with Crippen LogP contribution in [0.5, 0.6) is 0 Å². The van der Waals surface area contributed by atoms with E-state index in [0.717, 1.165) is 6.54 Å². The Bertz CT molecular complexity index is 293. The van der Waals surface area contributed by atoms with Gasteiger partial charge in [-0.05, 0) is 44.2 Å².